The SMILES string of the molecule is Cn1ccc(S(=O)(=O)CC(=O)Cc2c3c(cc4c2CCC4)CCC3)c1. The molecule has 0 radical (unpaired) electrons. The molecule has 0 saturated heterocycles. The first-order valence-corrected chi connectivity index (χ1v) is 10.6. The molecule has 1 heterocycles. The molecule has 0 atom stereocenters. The fourth-order valence-corrected chi connectivity index (χ4v) is 5.64. The van der Waals surface area contributed by atoms with E-state index in [4.69, 9.17) is 0 Å². The van der Waals surface area contributed by atoms with Gasteiger partial charge >= 0.3 is 0 Å². The lowest BCUT2D eigenvalue weighted by atomic mass is 9.91. The zero-order valence-corrected chi connectivity index (χ0v) is 15.4. The van der Waals surface area contributed by atoms with Crippen LogP contribution in [0.3, 0.4) is 0 Å². The van der Waals surface area contributed by atoms with Crippen LogP contribution in [0.5, 0.6) is 0 Å². The van der Waals surface area contributed by atoms with Gasteiger partial charge in [0.1, 0.15) is 5.75 Å². The largest absolute Gasteiger partial charge is 0.356 e. The van der Waals surface area contributed by atoms with Crippen LogP contribution in [0.25, 0.3) is 0 Å². The molecule has 1 aromatic heterocycles. The first kappa shape index (κ1) is 16.6. The predicted molar refractivity (Wildman–Crippen MR) is 96.7 cm³/mol. The number of sulfone groups is 1. The number of benzene rings is 1. The smallest absolute Gasteiger partial charge is 0.186 e. The topological polar surface area (TPSA) is 56.1 Å². The minimum absolute atomic E-state index is 0.196. The van der Waals surface area contributed by atoms with Crippen LogP contribution in [0, 0.1) is 0 Å². The van der Waals surface area contributed by atoms with Gasteiger partial charge in [0.25, 0.3) is 0 Å². The van der Waals surface area contributed by atoms with Crippen LogP contribution < -0.4 is 0 Å². The van der Waals surface area contributed by atoms with Gasteiger partial charge in [-0.15, -0.1) is 0 Å². The fraction of sp³-hybridized carbons (Fsp3) is 0.450. The van der Waals surface area contributed by atoms with Crippen molar-refractivity contribution in [1.82, 2.24) is 4.57 Å². The number of hydrogen-bond donors (Lipinski definition) is 0. The van der Waals surface area contributed by atoms with E-state index in [0.717, 1.165) is 44.1 Å². The van der Waals surface area contributed by atoms with E-state index in [1.807, 2.05) is 0 Å². The molecule has 0 N–H and O–H groups in total. The molecule has 4 rings (SSSR count). The molecule has 0 aliphatic heterocycles. The van der Waals surface area contributed by atoms with Gasteiger partial charge in [0.15, 0.2) is 15.6 Å². The van der Waals surface area contributed by atoms with E-state index in [9.17, 15) is 13.2 Å². The Morgan fingerprint density at radius 3 is 2.28 bits per heavy atom. The van der Waals surface area contributed by atoms with E-state index >= 15 is 0 Å². The molecule has 4 nitrogen and oxygen atoms in total. The second-order valence-electron chi connectivity index (χ2n) is 7.32. The van der Waals surface area contributed by atoms with E-state index in [0.29, 0.717) is 0 Å². The average Bonchev–Trinajstić information content (AvgIpc) is 3.25. The van der Waals surface area contributed by atoms with Gasteiger partial charge in [0, 0.05) is 25.9 Å². The van der Waals surface area contributed by atoms with Crippen molar-refractivity contribution in [2.24, 2.45) is 7.05 Å². The Labute approximate surface area is 148 Å². The summed E-state index contributed by atoms with van der Waals surface area (Å²) in [6, 6.07) is 3.89. The first-order valence-electron chi connectivity index (χ1n) is 8.96. The van der Waals surface area contributed by atoms with Gasteiger partial charge in [-0.2, -0.15) is 0 Å². The lowest BCUT2D eigenvalue weighted by Crippen LogP contribution is -2.19. The quantitative estimate of drug-likeness (QED) is 0.826. The van der Waals surface area contributed by atoms with Crippen molar-refractivity contribution in [3.8, 4) is 0 Å². The second-order valence-corrected chi connectivity index (χ2v) is 9.31. The number of rotatable bonds is 5. The van der Waals surface area contributed by atoms with Crippen molar-refractivity contribution >= 4 is 15.6 Å². The molecule has 1 aromatic carbocycles. The monoisotopic (exact) mass is 357 g/mol. The van der Waals surface area contributed by atoms with Crippen LogP contribution >= 0.6 is 0 Å². The molecule has 132 valence electrons. The highest BCUT2D eigenvalue weighted by atomic mass is 32.2. The van der Waals surface area contributed by atoms with Gasteiger partial charge in [-0.3, -0.25) is 4.79 Å². The maximum atomic E-state index is 12.6. The van der Waals surface area contributed by atoms with E-state index in [1.54, 1.807) is 30.1 Å². The maximum absolute atomic E-state index is 12.6. The van der Waals surface area contributed by atoms with Crippen LogP contribution in [-0.2, 0) is 53.8 Å². The number of nitrogens with zero attached hydrogens (tertiary/aromatic N) is 1. The van der Waals surface area contributed by atoms with E-state index in [1.165, 1.54) is 22.3 Å². The van der Waals surface area contributed by atoms with Crippen LogP contribution in [0.15, 0.2) is 29.4 Å². The Kier molecular flexibility index (Phi) is 4.07. The summed E-state index contributed by atoms with van der Waals surface area (Å²) in [4.78, 5) is 12.9. The number of fused-ring (bicyclic) bond motifs is 2. The van der Waals surface area contributed by atoms with Crippen LogP contribution in [0.1, 0.15) is 40.7 Å². The Hall–Kier alpha value is -1.88. The molecule has 5 heteroatoms. The molecule has 2 aliphatic rings. The second kappa shape index (κ2) is 6.13. The summed E-state index contributed by atoms with van der Waals surface area (Å²) in [5.41, 5.74) is 6.57. The average molecular weight is 357 g/mol. The standard InChI is InChI=1S/C20H23NO3S/c1-21-9-8-17(12-21)25(23,24)13-16(22)11-20-18-6-2-4-14(18)10-15-5-3-7-19(15)20/h8-10,12H,2-7,11,13H2,1H3. The molecule has 0 saturated carbocycles. The molecule has 0 spiro atoms. The normalized spacial score (nSPS) is 16.0. The van der Waals surface area contributed by atoms with Crippen LogP contribution in [0.2, 0.25) is 0 Å². The summed E-state index contributed by atoms with van der Waals surface area (Å²) >= 11 is 0. The van der Waals surface area contributed by atoms with Gasteiger partial charge in [0.2, 0.25) is 0 Å². The highest BCUT2D eigenvalue weighted by Gasteiger charge is 2.27. The van der Waals surface area contributed by atoms with Gasteiger partial charge in [-0.25, -0.2) is 8.42 Å². The van der Waals surface area contributed by atoms with Gasteiger partial charge in [-0.1, -0.05) is 6.07 Å². The van der Waals surface area contributed by atoms with Crippen molar-refractivity contribution in [1.29, 1.82) is 0 Å². The lowest BCUT2D eigenvalue weighted by molar-refractivity contribution is -0.116. The molecule has 0 bridgehead atoms. The highest BCUT2D eigenvalue weighted by molar-refractivity contribution is 7.92. The summed E-state index contributed by atoms with van der Waals surface area (Å²) < 4.78 is 26.6. The predicted octanol–water partition coefficient (Wildman–Crippen LogP) is 2.59. The van der Waals surface area contributed by atoms with Crippen molar-refractivity contribution in [3.63, 3.8) is 0 Å². The Bertz CT molecular complexity index is 921. The summed E-state index contributed by atoms with van der Waals surface area (Å²) in [6.07, 6.45) is 10.0. The molecule has 0 amide bonds. The number of carbonyl (C=O) groups is 1. The number of hydrogen-bond acceptors (Lipinski definition) is 3. The highest BCUT2D eigenvalue weighted by Crippen LogP contribution is 2.35. The molecule has 2 aliphatic carbocycles. The summed E-state index contributed by atoms with van der Waals surface area (Å²) in [7, 11) is -1.78. The van der Waals surface area contributed by atoms with Crippen LogP contribution in [-0.4, -0.2) is 24.5 Å². The van der Waals surface area contributed by atoms with Crippen molar-refractivity contribution in [2.45, 2.75) is 49.8 Å². The number of ketones is 1. The minimum atomic E-state index is -3.56. The molecule has 25 heavy (non-hydrogen) atoms. The van der Waals surface area contributed by atoms with Gasteiger partial charge in [-0.05, 0) is 72.4 Å². The first-order chi connectivity index (χ1) is 11.9. The van der Waals surface area contributed by atoms with E-state index in [-0.39, 0.29) is 17.1 Å². The van der Waals surface area contributed by atoms with Gasteiger partial charge < -0.3 is 4.57 Å². The Morgan fingerprint density at radius 1 is 1.08 bits per heavy atom. The lowest BCUT2D eigenvalue weighted by Gasteiger charge is -2.14. The number of Topliss-reactive ketones (excluding diaryl/α,β-unsaturated/α-hetero) is 1. The fourth-order valence-electron chi connectivity index (χ4n) is 4.35. The third-order valence-corrected chi connectivity index (χ3v) is 7.15. The summed E-state index contributed by atoms with van der Waals surface area (Å²) in [5.74, 6) is -0.603. The molecular weight excluding hydrogens is 334 g/mol. The van der Waals surface area contributed by atoms with E-state index in [2.05, 4.69) is 6.07 Å². The molecule has 0 fully saturated rings. The van der Waals surface area contributed by atoms with Crippen molar-refractivity contribution in [2.75, 3.05) is 5.75 Å². The van der Waals surface area contributed by atoms with Crippen molar-refractivity contribution < 1.29 is 13.2 Å². The van der Waals surface area contributed by atoms with Crippen LogP contribution in [0.4, 0.5) is 0 Å². The Balaban J connectivity index is 1.60. The maximum Gasteiger partial charge on any atom is 0.186 e. The Morgan fingerprint density at radius 2 is 1.72 bits per heavy atom. The van der Waals surface area contributed by atoms with E-state index < -0.39 is 15.6 Å². The van der Waals surface area contributed by atoms with Crippen molar-refractivity contribution in [3.05, 3.63) is 52.3 Å². The number of carbonyl (C=O) groups excluding carboxylic acids is 1. The minimum Gasteiger partial charge on any atom is -0.356 e. The third-order valence-electron chi connectivity index (χ3n) is 5.49. The number of aryl methyl sites for hydroxylation is 3. The third kappa shape index (κ3) is 3.06. The zero-order chi connectivity index (χ0) is 17.6. The van der Waals surface area contributed by atoms with Gasteiger partial charge in [0.05, 0.1) is 4.90 Å². The summed E-state index contributed by atoms with van der Waals surface area (Å²) in [5, 5.41) is 0. The molecule has 2 aromatic rings. The molecular formula is C20H23NO3S. The molecule has 0 unspecified atom stereocenters. The zero-order valence-electron chi connectivity index (χ0n) is 14.5. The number of aromatic nitrogens is 1. The summed E-state index contributed by atoms with van der Waals surface area (Å²) in [6.45, 7) is 0.